The van der Waals surface area contributed by atoms with Crippen LogP contribution in [0.3, 0.4) is 0 Å². The lowest BCUT2D eigenvalue weighted by molar-refractivity contribution is -0.0885. The summed E-state index contributed by atoms with van der Waals surface area (Å²) in [6.45, 7) is 2.18. The minimum Gasteiger partial charge on any atom is -0.490 e. The van der Waals surface area contributed by atoms with E-state index in [-0.39, 0.29) is 15.8 Å². The number of Topliss-reactive ketones (excluding diaryl/α,β-unsaturated/α-hetero) is 1. The molecule has 0 saturated carbocycles. The van der Waals surface area contributed by atoms with E-state index in [0.29, 0.717) is 13.0 Å². The number of ether oxygens (including phenoxy) is 1. The van der Waals surface area contributed by atoms with Crippen molar-refractivity contribution in [2.24, 2.45) is 0 Å². The number of halogens is 5. The van der Waals surface area contributed by atoms with Crippen molar-refractivity contribution in [2.45, 2.75) is 19.5 Å². The number of hydrogen-bond donors (Lipinski definition) is 0. The van der Waals surface area contributed by atoms with Gasteiger partial charge in [-0.15, -0.1) is 0 Å². The fourth-order valence-corrected chi connectivity index (χ4v) is 1.79. The molecule has 0 fully saturated rings. The number of alkyl halides is 3. The van der Waals surface area contributed by atoms with Gasteiger partial charge in [-0.2, -0.15) is 13.2 Å². The predicted octanol–water partition coefficient (Wildman–Crippen LogP) is 4.53. The fraction of sp³-hybridized carbons (Fsp3) is 0.364. The van der Waals surface area contributed by atoms with Gasteiger partial charge in [-0.3, -0.25) is 4.79 Å². The van der Waals surface area contributed by atoms with Crippen LogP contribution in [-0.4, -0.2) is 18.6 Å². The lowest BCUT2D eigenvalue weighted by atomic mass is 10.1. The van der Waals surface area contributed by atoms with E-state index in [1.165, 1.54) is 0 Å². The number of benzene rings is 1. The summed E-state index contributed by atoms with van der Waals surface area (Å²) in [5.41, 5.74) is -0.610. The molecule has 0 radical (unpaired) electrons. The predicted molar refractivity (Wildman–Crippen MR) is 62.6 cm³/mol. The zero-order chi connectivity index (χ0) is 13.9. The molecule has 7 heteroatoms. The molecule has 0 unspecified atom stereocenters. The molecule has 0 amide bonds. The van der Waals surface area contributed by atoms with Crippen molar-refractivity contribution >= 4 is 29.0 Å². The van der Waals surface area contributed by atoms with Crippen molar-refractivity contribution in [1.29, 1.82) is 0 Å². The maximum absolute atomic E-state index is 12.2. The SMILES string of the molecule is CCCOc1c(Cl)cc(C(=O)C(F)(F)F)cc1Cl. The largest absolute Gasteiger partial charge is 0.490 e. The van der Waals surface area contributed by atoms with Crippen LogP contribution in [0.15, 0.2) is 12.1 Å². The zero-order valence-electron chi connectivity index (χ0n) is 9.28. The molecule has 0 aliphatic carbocycles. The second-order valence-corrected chi connectivity index (χ2v) is 4.26. The third-order valence-electron chi connectivity index (χ3n) is 1.97. The van der Waals surface area contributed by atoms with Gasteiger partial charge in [0.1, 0.15) is 0 Å². The van der Waals surface area contributed by atoms with Crippen molar-refractivity contribution in [2.75, 3.05) is 6.61 Å². The van der Waals surface area contributed by atoms with Gasteiger partial charge in [0, 0.05) is 5.56 Å². The minimum absolute atomic E-state index is 0.0823. The molecular formula is C11H9Cl2F3O2. The zero-order valence-corrected chi connectivity index (χ0v) is 10.8. The van der Waals surface area contributed by atoms with Gasteiger partial charge in [-0.05, 0) is 18.6 Å². The molecule has 0 aromatic heterocycles. The van der Waals surface area contributed by atoms with Gasteiger partial charge in [-0.1, -0.05) is 30.1 Å². The maximum atomic E-state index is 12.2. The van der Waals surface area contributed by atoms with Crippen LogP contribution in [0.25, 0.3) is 0 Å². The van der Waals surface area contributed by atoms with Crippen molar-refractivity contribution in [3.63, 3.8) is 0 Å². The Kier molecular flexibility index (Phi) is 4.87. The molecule has 0 bridgehead atoms. The summed E-state index contributed by atoms with van der Waals surface area (Å²) in [5.74, 6) is -1.91. The number of carbonyl (C=O) groups is 1. The van der Waals surface area contributed by atoms with Crippen molar-refractivity contribution < 1.29 is 22.7 Å². The fourth-order valence-electron chi connectivity index (χ4n) is 1.20. The number of ketones is 1. The lowest BCUT2D eigenvalue weighted by Crippen LogP contribution is -2.22. The minimum atomic E-state index is -4.96. The first-order valence-corrected chi connectivity index (χ1v) is 5.76. The topological polar surface area (TPSA) is 26.3 Å². The molecule has 1 aromatic rings. The van der Waals surface area contributed by atoms with Crippen LogP contribution < -0.4 is 4.74 Å². The van der Waals surface area contributed by atoms with E-state index in [1.54, 1.807) is 0 Å². The van der Waals surface area contributed by atoms with Crippen LogP contribution in [0, 0.1) is 0 Å². The Morgan fingerprint density at radius 1 is 1.28 bits per heavy atom. The van der Waals surface area contributed by atoms with Crippen molar-refractivity contribution in [3.05, 3.63) is 27.7 Å². The Balaban J connectivity index is 3.10. The summed E-state index contributed by atoms with van der Waals surface area (Å²) in [5, 5.41) is -0.243. The molecule has 18 heavy (non-hydrogen) atoms. The van der Waals surface area contributed by atoms with Gasteiger partial charge >= 0.3 is 6.18 Å². The van der Waals surface area contributed by atoms with E-state index >= 15 is 0 Å². The van der Waals surface area contributed by atoms with Gasteiger partial charge < -0.3 is 4.74 Å². The highest BCUT2D eigenvalue weighted by atomic mass is 35.5. The van der Waals surface area contributed by atoms with E-state index in [4.69, 9.17) is 27.9 Å². The van der Waals surface area contributed by atoms with E-state index in [2.05, 4.69) is 0 Å². The average Bonchev–Trinajstić information content (AvgIpc) is 2.25. The number of rotatable bonds is 4. The Morgan fingerprint density at radius 3 is 2.17 bits per heavy atom. The quantitative estimate of drug-likeness (QED) is 0.764. The second-order valence-electron chi connectivity index (χ2n) is 3.44. The Hall–Kier alpha value is -0.940. The highest BCUT2D eigenvalue weighted by Gasteiger charge is 2.39. The van der Waals surface area contributed by atoms with Crippen LogP contribution in [-0.2, 0) is 0 Å². The normalized spacial score (nSPS) is 11.4. The van der Waals surface area contributed by atoms with Crippen molar-refractivity contribution in [1.82, 2.24) is 0 Å². The standard InChI is InChI=1S/C11H9Cl2F3O2/c1-2-3-18-9-7(12)4-6(5-8(9)13)10(17)11(14,15)16/h4-5H,2-3H2,1H3. The van der Waals surface area contributed by atoms with E-state index < -0.39 is 17.5 Å². The van der Waals surface area contributed by atoms with Crippen LogP contribution in [0.5, 0.6) is 5.75 Å². The summed E-state index contributed by atoms with van der Waals surface area (Å²) < 4.78 is 41.9. The smallest absolute Gasteiger partial charge is 0.454 e. The summed E-state index contributed by atoms with van der Waals surface area (Å²) in [4.78, 5) is 11.0. The van der Waals surface area contributed by atoms with Crippen LogP contribution in [0.4, 0.5) is 13.2 Å². The Morgan fingerprint density at radius 2 is 1.78 bits per heavy atom. The molecule has 0 heterocycles. The van der Waals surface area contributed by atoms with E-state index in [1.807, 2.05) is 6.92 Å². The maximum Gasteiger partial charge on any atom is 0.454 e. The molecule has 2 nitrogen and oxygen atoms in total. The highest BCUT2D eigenvalue weighted by Crippen LogP contribution is 2.36. The van der Waals surface area contributed by atoms with Crippen molar-refractivity contribution in [3.8, 4) is 5.75 Å². The summed E-state index contributed by atoms with van der Waals surface area (Å²) in [7, 11) is 0. The average molecular weight is 301 g/mol. The lowest BCUT2D eigenvalue weighted by Gasteiger charge is -2.11. The highest BCUT2D eigenvalue weighted by molar-refractivity contribution is 6.37. The van der Waals surface area contributed by atoms with Crippen LogP contribution in [0.2, 0.25) is 10.0 Å². The number of carbonyl (C=O) groups excluding carboxylic acids is 1. The van der Waals surface area contributed by atoms with Gasteiger partial charge in [0.2, 0.25) is 0 Å². The summed E-state index contributed by atoms with van der Waals surface area (Å²) in [6.07, 6.45) is -4.27. The Labute approximate surface area is 112 Å². The van der Waals surface area contributed by atoms with Gasteiger partial charge in [0.25, 0.3) is 5.78 Å². The molecule has 0 spiro atoms. The molecule has 0 saturated heterocycles. The first kappa shape index (κ1) is 15.1. The first-order chi connectivity index (χ1) is 8.27. The molecule has 1 rings (SSSR count). The molecule has 0 atom stereocenters. The number of hydrogen-bond acceptors (Lipinski definition) is 2. The van der Waals surface area contributed by atoms with E-state index in [0.717, 1.165) is 12.1 Å². The van der Waals surface area contributed by atoms with Crippen LogP contribution in [0.1, 0.15) is 23.7 Å². The van der Waals surface area contributed by atoms with Crippen LogP contribution >= 0.6 is 23.2 Å². The second kappa shape index (κ2) is 5.80. The molecule has 100 valence electrons. The molecular weight excluding hydrogens is 292 g/mol. The summed E-state index contributed by atoms with van der Waals surface area (Å²) in [6, 6.07) is 1.79. The third-order valence-corrected chi connectivity index (χ3v) is 2.53. The molecule has 0 N–H and O–H groups in total. The van der Waals surface area contributed by atoms with Gasteiger partial charge in [-0.25, -0.2) is 0 Å². The van der Waals surface area contributed by atoms with Gasteiger partial charge in [0.05, 0.1) is 16.7 Å². The summed E-state index contributed by atoms with van der Waals surface area (Å²) >= 11 is 11.5. The third kappa shape index (κ3) is 3.53. The van der Waals surface area contributed by atoms with Gasteiger partial charge in [0.15, 0.2) is 5.75 Å². The monoisotopic (exact) mass is 300 g/mol. The Bertz CT molecular complexity index is 435. The molecule has 0 aliphatic rings. The first-order valence-electron chi connectivity index (χ1n) is 5.00. The van der Waals surface area contributed by atoms with E-state index in [9.17, 15) is 18.0 Å². The molecule has 0 aliphatic heterocycles. The molecule has 1 aromatic carbocycles.